The minimum Gasteiger partial charge on any atom is -0.481 e. The molecule has 2 N–H and O–H groups in total. The van der Waals surface area contributed by atoms with E-state index in [1.54, 1.807) is 13.8 Å². The van der Waals surface area contributed by atoms with Crippen LogP contribution in [0.4, 0.5) is 10.1 Å². The first-order chi connectivity index (χ1) is 7.33. The highest BCUT2D eigenvalue weighted by atomic mass is 35.5. The van der Waals surface area contributed by atoms with Gasteiger partial charge in [0.15, 0.2) is 0 Å². The summed E-state index contributed by atoms with van der Waals surface area (Å²) in [4.78, 5) is 10.8. The van der Waals surface area contributed by atoms with Crippen molar-refractivity contribution in [1.29, 1.82) is 0 Å². The number of carboxylic acids is 1. The highest BCUT2D eigenvalue weighted by Gasteiger charge is 2.26. The molecular weight excluding hydrogens is 233 g/mol. The van der Waals surface area contributed by atoms with E-state index in [1.807, 2.05) is 0 Å². The fourth-order valence-corrected chi connectivity index (χ4v) is 1.20. The Balaban J connectivity index is 2.75. The highest BCUT2D eigenvalue weighted by molar-refractivity contribution is 6.30. The van der Waals surface area contributed by atoms with Crippen LogP contribution < -0.4 is 5.32 Å². The van der Waals surface area contributed by atoms with Crippen molar-refractivity contribution < 1.29 is 14.3 Å². The summed E-state index contributed by atoms with van der Waals surface area (Å²) < 4.78 is 13.3. The Morgan fingerprint density at radius 1 is 1.56 bits per heavy atom. The minimum absolute atomic E-state index is 0.125. The maximum Gasteiger partial charge on any atom is 0.310 e. The van der Waals surface area contributed by atoms with Crippen molar-refractivity contribution in [2.24, 2.45) is 5.41 Å². The second-order valence-corrected chi connectivity index (χ2v) is 4.60. The molecule has 1 aromatic rings. The second-order valence-electron chi connectivity index (χ2n) is 4.17. The predicted octanol–water partition coefficient (Wildman–Crippen LogP) is 3.00. The van der Waals surface area contributed by atoms with Crippen LogP contribution in [0.3, 0.4) is 0 Å². The molecule has 16 heavy (non-hydrogen) atoms. The van der Waals surface area contributed by atoms with Crippen LogP contribution in [0, 0.1) is 11.2 Å². The van der Waals surface area contributed by atoms with Crippen LogP contribution in [-0.2, 0) is 4.79 Å². The fourth-order valence-electron chi connectivity index (χ4n) is 1.02. The van der Waals surface area contributed by atoms with Gasteiger partial charge >= 0.3 is 5.97 Å². The zero-order chi connectivity index (χ0) is 12.3. The zero-order valence-electron chi connectivity index (χ0n) is 9.05. The molecule has 5 heteroatoms. The van der Waals surface area contributed by atoms with Gasteiger partial charge in [-0.2, -0.15) is 0 Å². The molecular formula is C11H13ClFNO2. The van der Waals surface area contributed by atoms with Gasteiger partial charge in [-0.1, -0.05) is 11.6 Å². The number of benzene rings is 1. The number of rotatable bonds is 4. The van der Waals surface area contributed by atoms with Crippen LogP contribution in [0.2, 0.25) is 5.02 Å². The van der Waals surface area contributed by atoms with E-state index >= 15 is 0 Å². The first kappa shape index (κ1) is 12.8. The molecule has 0 aliphatic heterocycles. The summed E-state index contributed by atoms with van der Waals surface area (Å²) in [5.74, 6) is -1.40. The normalized spacial score (nSPS) is 11.2. The molecule has 0 unspecified atom stereocenters. The first-order valence-corrected chi connectivity index (χ1v) is 5.13. The Morgan fingerprint density at radius 3 is 2.75 bits per heavy atom. The molecule has 3 nitrogen and oxygen atoms in total. The Kier molecular flexibility index (Phi) is 3.75. The number of carbonyl (C=O) groups is 1. The second kappa shape index (κ2) is 4.70. The van der Waals surface area contributed by atoms with E-state index in [4.69, 9.17) is 16.7 Å². The van der Waals surface area contributed by atoms with Crippen LogP contribution in [-0.4, -0.2) is 17.6 Å². The number of carboxylic acid groups (broad SMARTS) is 1. The summed E-state index contributed by atoms with van der Waals surface area (Å²) >= 11 is 5.71. The van der Waals surface area contributed by atoms with Gasteiger partial charge in [0, 0.05) is 11.6 Å². The Labute approximate surface area is 98.2 Å². The quantitative estimate of drug-likeness (QED) is 0.857. The average Bonchev–Trinajstić information content (AvgIpc) is 2.19. The number of halogens is 2. The lowest BCUT2D eigenvalue weighted by Crippen LogP contribution is -2.31. The fraction of sp³-hybridized carbons (Fsp3) is 0.364. The van der Waals surface area contributed by atoms with Crippen molar-refractivity contribution in [2.45, 2.75) is 13.8 Å². The van der Waals surface area contributed by atoms with Crippen LogP contribution in [0.25, 0.3) is 0 Å². The third-order valence-corrected chi connectivity index (χ3v) is 2.46. The van der Waals surface area contributed by atoms with Gasteiger partial charge in [0.05, 0.1) is 11.1 Å². The van der Waals surface area contributed by atoms with Crippen molar-refractivity contribution in [3.05, 3.63) is 29.0 Å². The zero-order valence-corrected chi connectivity index (χ0v) is 9.81. The van der Waals surface area contributed by atoms with Crippen LogP contribution >= 0.6 is 11.6 Å². The van der Waals surface area contributed by atoms with Crippen molar-refractivity contribution in [3.8, 4) is 0 Å². The van der Waals surface area contributed by atoms with Gasteiger partial charge in [-0.3, -0.25) is 4.79 Å². The van der Waals surface area contributed by atoms with Crippen molar-refractivity contribution in [3.63, 3.8) is 0 Å². The van der Waals surface area contributed by atoms with Gasteiger partial charge in [0.25, 0.3) is 0 Å². The van der Waals surface area contributed by atoms with Gasteiger partial charge in [-0.25, -0.2) is 4.39 Å². The minimum atomic E-state index is -0.964. The number of hydrogen-bond donors (Lipinski definition) is 2. The van der Waals surface area contributed by atoms with Crippen molar-refractivity contribution >= 4 is 23.3 Å². The first-order valence-electron chi connectivity index (χ1n) is 4.75. The molecule has 0 bridgehead atoms. The lowest BCUT2D eigenvalue weighted by atomic mass is 9.94. The highest BCUT2D eigenvalue weighted by Crippen LogP contribution is 2.22. The molecule has 0 aliphatic rings. The van der Waals surface area contributed by atoms with E-state index in [-0.39, 0.29) is 12.2 Å². The summed E-state index contributed by atoms with van der Waals surface area (Å²) in [6.45, 7) is 3.25. The molecule has 0 amide bonds. The standard InChI is InChI=1S/C11H13ClFNO2/c1-11(2,10(15)16)6-14-9-5-7(12)3-4-8(9)13/h3-5,14H,6H2,1-2H3,(H,15,16). The Morgan fingerprint density at radius 2 is 2.19 bits per heavy atom. The van der Waals surface area contributed by atoms with E-state index in [2.05, 4.69) is 5.32 Å². The van der Waals surface area contributed by atoms with Crippen LogP contribution in [0.1, 0.15) is 13.8 Å². The number of hydrogen-bond acceptors (Lipinski definition) is 2. The van der Waals surface area contributed by atoms with Gasteiger partial charge < -0.3 is 10.4 Å². The van der Waals surface area contributed by atoms with E-state index in [0.717, 1.165) is 0 Å². The summed E-state index contributed by atoms with van der Waals surface area (Å²) in [5.41, 5.74) is -0.754. The van der Waals surface area contributed by atoms with E-state index < -0.39 is 17.2 Å². The maximum absolute atomic E-state index is 13.3. The molecule has 88 valence electrons. The lowest BCUT2D eigenvalue weighted by Gasteiger charge is -2.20. The summed E-state index contributed by atoms with van der Waals surface area (Å²) in [7, 11) is 0. The molecule has 0 radical (unpaired) electrons. The molecule has 0 atom stereocenters. The summed E-state index contributed by atoms with van der Waals surface area (Å²) in [6, 6.07) is 4.09. The van der Waals surface area contributed by atoms with Gasteiger partial charge in [0.2, 0.25) is 0 Å². The monoisotopic (exact) mass is 245 g/mol. The smallest absolute Gasteiger partial charge is 0.310 e. The average molecular weight is 246 g/mol. The van der Waals surface area contributed by atoms with E-state index in [0.29, 0.717) is 5.02 Å². The largest absolute Gasteiger partial charge is 0.481 e. The molecule has 0 spiro atoms. The Hall–Kier alpha value is -1.29. The summed E-state index contributed by atoms with van der Waals surface area (Å²) in [6.07, 6.45) is 0. The molecule has 0 aromatic heterocycles. The molecule has 1 aromatic carbocycles. The molecule has 0 saturated carbocycles. The van der Waals surface area contributed by atoms with Gasteiger partial charge in [-0.15, -0.1) is 0 Å². The van der Waals surface area contributed by atoms with Crippen LogP contribution in [0.5, 0.6) is 0 Å². The van der Waals surface area contributed by atoms with Crippen molar-refractivity contribution in [1.82, 2.24) is 0 Å². The Bertz CT molecular complexity index is 407. The maximum atomic E-state index is 13.3. The van der Waals surface area contributed by atoms with Gasteiger partial charge in [0.1, 0.15) is 5.82 Å². The van der Waals surface area contributed by atoms with Gasteiger partial charge in [-0.05, 0) is 32.0 Å². The number of anilines is 1. The molecule has 0 aliphatic carbocycles. The third-order valence-electron chi connectivity index (χ3n) is 2.23. The molecule has 1 rings (SSSR count). The lowest BCUT2D eigenvalue weighted by molar-refractivity contribution is -0.146. The third kappa shape index (κ3) is 3.10. The van der Waals surface area contributed by atoms with Crippen LogP contribution in [0.15, 0.2) is 18.2 Å². The number of nitrogens with one attached hydrogen (secondary N) is 1. The molecule has 0 heterocycles. The predicted molar refractivity (Wildman–Crippen MR) is 61.3 cm³/mol. The summed E-state index contributed by atoms with van der Waals surface area (Å²) in [5, 5.41) is 12.0. The molecule has 0 fully saturated rings. The molecule has 0 saturated heterocycles. The number of aliphatic carboxylic acids is 1. The topological polar surface area (TPSA) is 49.3 Å². The van der Waals surface area contributed by atoms with E-state index in [9.17, 15) is 9.18 Å². The van der Waals surface area contributed by atoms with Crippen molar-refractivity contribution in [2.75, 3.05) is 11.9 Å². The SMILES string of the molecule is CC(C)(CNc1cc(Cl)ccc1F)C(=O)O. The van der Waals surface area contributed by atoms with E-state index in [1.165, 1.54) is 18.2 Å².